The van der Waals surface area contributed by atoms with Crippen molar-refractivity contribution in [1.29, 1.82) is 0 Å². The molecule has 1 aromatic rings. The predicted octanol–water partition coefficient (Wildman–Crippen LogP) is 1.62. The van der Waals surface area contributed by atoms with Crippen LogP contribution in [-0.2, 0) is 9.59 Å². The number of benzene rings is 1. The van der Waals surface area contributed by atoms with Gasteiger partial charge in [-0.3, -0.25) is 9.59 Å². The maximum atomic E-state index is 12.2. The van der Waals surface area contributed by atoms with Crippen LogP contribution in [0.25, 0.3) is 0 Å². The standard InChI is InChI=1S/C14H17F3N2O3/c1-8-4-5-9(2)10(6-8)18-12(21)13(22)19(3)7-11(20)14(15,16)17/h4-6,11,20H,7H2,1-3H3,(H,18,21)/t11-/m1/s1. The summed E-state index contributed by atoms with van der Waals surface area (Å²) >= 11 is 0. The molecule has 1 atom stereocenters. The van der Waals surface area contributed by atoms with Crippen molar-refractivity contribution >= 4 is 17.5 Å². The number of alkyl halides is 3. The Kier molecular flexibility index (Phi) is 5.54. The fourth-order valence-electron chi connectivity index (χ4n) is 1.67. The van der Waals surface area contributed by atoms with Crippen LogP contribution in [0.5, 0.6) is 0 Å². The molecule has 0 aliphatic rings. The Bertz CT molecular complexity index is 573. The van der Waals surface area contributed by atoms with Crippen molar-refractivity contribution < 1.29 is 27.9 Å². The number of carbonyl (C=O) groups excluding carboxylic acids is 2. The van der Waals surface area contributed by atoms with Crippen LogP contribution in [0, 0.1) is 13.8 Å². The zero-order valence-electron chi connectivity index (χ0n) is 12.4. The molecule has 2 amide bonds. The molecule has 1 rings (SSSR count). The first-order chi connectivity index (χ1) is 10.0. The number of hydrogen-bond acceptors (Lipinski definition) is 3. The summed E-state index contributed by atoms with van der Waals surface area (Å²) in [5.41, 5.74) is 1.97. The number of rotatable bonds is 3. The SMILES string of the molecule is Cc1ccc(C)c(NC(=O)C(=O)N(C)C[C@@H](O)C(F)(F)F)c1. The monoisotopic (exact) mass is 318 g/mol. The highest BCUT2D eigenvalue weighted by molar-refractivity contribution is 6.39. The van der Waals surface area contributed by atoms with Gasteiger partial charge < -0.3 is 15.3 Å². The Labute approximate surface area is 125 Å². The minimum absolute atomic E-state index is 0.406. The quantitative estimate of drug-likeness (QED) is 0.832. The normalized spacial score (nSPS) is 12.7. The van der Waals surface area contributed by atoms with Gasteiger partial charge in [-0.1, -0.05) is 12.1 Å². The molecule has 0 bridgehead atoms. The second-order valence-electron chi connectivity index (χ2n) is 5.02. The topological polar surface area (TPSA) is 69.6 Å². The second-order valence-corrected chi connectivity index (χ2v) is 5.02. The summed E-state index contributed by atoms with van der Waals surface area (Å²) < 4.78 is 36.7. The van der Waals surface area contributed by atoms with Crippen molar-refractivity contribution in [2.24, 2.45) is 0 Å². The number of halogens is 3. The molecular formula is C14H17F3N2O3. The van der Waals surface area contributed by atoms with Gasteiger partial charge in [-0.25, -0.2) is 0 Å². The molecule has 0 unspecified atom stereocenters. The third kappa shape index (κ3) is 4.73. The number of aliphatic hydroxyl groups excluding tert-OH is 1. The molecule has 0 radical (unpaired) electrons. The van der Waals surface area contributed by atoms with Crippen LogP contribution in [0.4, 0.5) is 18.9 Å². The van der Waals surface area contributed by atoms with Gasteiger partial charge in [-0.15, -0.1) is 0 Å². The second kappa shape index (κ2) is 6.78. The molecule has 122 valence electrons. The number of nitrogens with zero attached hydrogens (tertiary/aromatic N) is 1. The lowest BCUT2D eigenvalue weighted by atomic mass is 10.1. The molecule has 1 aromatic carbocycles. The van der Waals surface area contributed by atoms with E-state index in [4.69, 9.17) is 5.11 Å². The average Bonchev–Trinajstić information content (AvgIpc) is 2.40. The fraction of sp³-hybridized carbons (Fsp3) is 0.429. The average molecular weight is 318 g/mol. The minimum Gasteiger partial charge on any atom is -0.382 e. The first-order valence-corrected chi connectivity index (χ1v) is 6.41. The van der Waals surface area contributed by atoms with Crippen molar-refractivity contribution in [3.05, 3.63) is 29.3 Å². The zero-order chi connectivity index (χ0) is 17.1. The lowest BCUT2D eigenvalue weighted by Crippen LogP contribution is -2.45. The van der Waals surface area contributed by atoms with Crippen LogP contribution in [0.3, 0.4) is 0 Å². The number of hydrogen-bond donors (Lipinski definition) is 2. The Morgan fingerprint density at radius 3 is 2.45 bits per heavy atom. The van der Waals surface area contributed by atoms with Gasteiger partial charge in [-0.2, -0.15) is 13.2 Å². The van der Waals surface area contributed by atoms with E-state index in [1.54, 1.807) is 26.0 Å². The van der Waals surface area contributed by atoms with E-state index in [1.807, 2.05) is 6.07 Å². The highest BCUT2D eigenvalue weighted by Gasteiger charge is 2.39. The summed E-state index contributed by atoms with van der Waals surface area (Å²) in [5, 5.41) is 11.3. The van der Waals surface area contributed by atoms with Crippen LogP contribution in [0.2, 0.25) is 0 Å². The van der Waals surface area contributed by atoms with E-state index in [2.05, 4.69) is 5.32 Å². The molecule has 0 aromatic heterocycles. The van der Waals surface area contributed by atoms with Crippen LogP contribution < -0.4 is 5.32 Å². The van der Waals surface area contributed by atoms with E-state index in [-0.39, 0.29) is 0 Å². The van der Waals surface area contributed by atoms with Crippen molar-refractivity contribution in [3.8, 4) is 0 Å². The summed E-state index contributed by atoms with van der Waals surface area (Å²) in [4.78, 5) is 24.1. The molecule has 0 aliphatic carbocycles. The number of aliphatic hydroxyl groups is 1. The maximum Gasteiger partial charge on any atom is 0.416 e. The molecule has 0 saturated carbocycles. The predicted molar refractivity (Wildman–Crippen MR) is 74.2 cm³/mol. The van der Waals surface area contributed by atoms with Crippen LogP contribution >= 0.6 is 0 Å². The third-order valence-corrected chi connectivity index (χ3v) is 3.01. The van der Waals surface area contributed by atoms with Gasteiger partial charge >= 0.3 is 18.0 Å². The molecule has 5 nitrogen and oxygen atoms in total. The van der Waals surface area contributed by atoms with Gasteiger partial charge in [0.05, 0.1) is 6.54 Å². The summed E-state index contributed by atoms with van der Waals surface area (Å²) in [6.07, 6.45) is -7.55. The highest BCUT2D eigenvalue weighted by atomic mass is 19.4. The van der Waals surface area contributed by atoms with Gasteiger partial charge in [0.1, 0.15) is 0 Å². The number of amides is 2. The zero-order valence-corrected chi connectivity index (χ0v) is 12.4. The molecule has 0 aliphatic heterocycles. The van der Waals surface area contributed by atoms with Crippen molar-refractivity contribution in [2.75, 3.05) is 18.9 Å². The number of carbonyl (C=O) groups is 2. The minimum atomic E-state index is -4.85. The maximum absolute atomic E-state index is 12.2. The highest BCUT2D eigenvalue weighted by Crippen LogP contribution is 2.20. The van der Waals surface area contributed by atoms with E-state index < -0.39 is 30.6 Å². The number of aryl methyl sites for hydroxylation is 2. The van der Waals surface area contributed by atoms with Crippen LogP contribution in [0.15, 0.2) is 18.2 Å². The first kappa shape index (κ1) is 18.0. The van der Waals surface area contributed by atoms with E-state index in [0.717, 1.165) is 12.6 Å². The Balaban J connectivity index is 2.73. The molecule has 22 heavy (non-hydrogen) atoms. The fourth-order valence-corrected chi connectivity index (χ4v) is 1.67. The summed E-state index contributed by atoms with van der Waals surface area (Å²) in [6, 6.07) is 5.20. The van der Waals surface area contributed by atoms with Crippen molar-refractivity contribution in [1.82, 2.24) is 4.90 Å². The molecule has 0 spiro atoms. The number of nitrogens with one attached hydrogen (secondary N) is 1. The molecule has 0 saturated heterocycles. The molecule has 0 heterocycles. The van der Waals surface area contributed by atoms with E-state index in [1.165, 1.54) is 0 Å². The molecule has 2 N–H and O–H groups in total. The smallest absolute Gasteiger partial charge is 0.382 e. The van der Waals surface area contributed by atoms with Gasteiger partial charge in [-0.05, 0) is 31.0 Å². The summed E-state index contributed by atoms with van der Waals surface area (Å²) in [5.74, 6) is -2.23. The first-order valence-electron chi connectivity index (χ1n) is 6.41. The number of likely N-dealkylation sites (N-methyl/N-ethyl adjacent to an activating group) is 1. The van der Waals surface area contributed by atoms with Gasteiger partial charge in [0.2, 0.25) is 0 Å². The largest absolute Gasteiger partial charge is 0.416 e. The summed E-state index contributed by atoms with van der Waals surface area (Å²) in [7, 11) is 1.01. The van der Waals surface area contributed by atoms with Crippen LogP contribution in [0.1, 0.15) is 11.1 Å². The Morgan fingerprint density at radius 1 is 1.32 bits per heavy atom. The lowest BCUT2D eigenvalue weighted by Gasteiger charge is -2.22. The van der Waals surface area contributed by atoms with E-state index in [0.29, 0.717) is 16.2 Å². The van der Waals surface area contributed by atoms with Gasteiger partial charge in [0.15, 0.2) is 6.10 Å². The van der Waals surface area contributed by atoms with Gasteiger partial charge in [0, 0.05) is 12.7 Å². The summed E-state index contributed by atoms with van der Waals surface area (Å²) in [6.45, 7) is 2.50. The third-order valence-electron chi connectivity index (χ3n) is 3.01. The molecular weight excluding hydrogens is 301 g/mol. The van der Waals surface area contributed by atoms with Gasteiger partial charge in [0.25, 0.3) is 0 Å². The number of anilines is 1. The molecule has 8 heteroatoms. The van der Waals surface area contributed by atoms with Crippen molar-refractivity contribution in [2.45, 2.75) is 26.1 Å². The van der Waals surface area contributed by atoms with Crippen LogP contribution in [-0.4, -0.2) is 47.7 Å². The Hall–Kier alpha value is -2.09. The molecule has 0 fully saturated rings. The Morgan fingerprint density at radius 2 is 1.91 bits per heavy atom. The lowest BCUT2D eigenvalue weighted by molar-refractivity contribution is -0.207. The van der Waals surface area contributed by atoms with E-state index in [9.17, 15) is 22.8 Å². The van der Waals surface area contributed by atoms with E-state index >= 15 is 0 Å². The van der Waals surface area contributed by atoms with Crippen molar-refractivity contribution in [3.63, 3.8) is 0 Å².